The Morgan fingerprint density at radius 2 is 2.24 bits per heavy atom. The van der Waals surface area contributed by atoms with Crippen molar-refractivity contribution in [1.29, 1.82) is 0 Å². The third kappa shape index (κ3) is 8.60. The summed E-state index contributed by atoms with van der Waals surface area (Å²) in [6.07, 6.45) is 1.14. The maximum Gasteiger partial charge on any atom is 0.325 e. The van der Waals surface area contributed by atoms with E-state index in [4.69, 9.17) is 11.6 Å². The molecule has 0 aliphatic rings. The van der Waals surface area contributed by atoms with Crippen molar-refractivity contribution in [2.75, 3.05) is 13.0 Å². The van der Waals surface area contributed by atoms with E-state index in [1.165, 1.54) is 7.11 Å². The van der Waals surface area contributed by atoms with E-state index >= 15 is 0 Å². The van der Waals surface area contributed by atoms with E-state index < -0.39 is 7.45 Å². The highest BCUT2D eigenvalue weighted by molar-refractivity contribution is 8.42. The van der Waals surface area contributed by atoms with Crippen LogP contribution in [0, 0.1) is 0 Å². The fraction of sp³-hybridized carbons (Fsp3) is 0.714. The normalized spacial score (nSPS) is 13.6. The molecular formula is C7H17ClN2O3P4. The zero-order chi connectivity index (χ0) is 13.3. The van der Waals surface area contributed by atoms with E-state index in [9.17, 15) is 4.79 Å². The second-order valence-electron chi connectivity index (χ2n) is 3.04. The molecule has 0 amide bonds. The maximum atomic E-state index is 11.5. The number of nitrogens with one attached hydrogen (secondary N) is 1. The molecule has 0 aliphatic carbocycles. The summed E-state index contributed by atoms with van der Waals surface area (Å²) >= 11 is 5.69. The molecule has 0 bridgehead atoms. The first-order valence-corrected chi connectivity index (χ1v) is 10.2. The zero-order valence-corrected chi connectivity index (χ0v) is 14.5. The Hall–Kier alpha value is 0.910. The summed E-state index contributed by atoms with van der Waals surface area (Å²) in [6.45, 7) is 0. The van der Waals surface area contributed by atoms with Crippen molar-refractivity contribution in [3.05, 3.63) is 0 Å². The molecule has 4 atom stereocenters. The molecule has 0 radical (unpaired) electrons. The second-order valence-corrected chi connectivity index (χ2v) is 9.74. The number of oxime groups is 1. The van der Waals surface area contributed by atoms with Gasteiger partial charge in [-0.15, -0.1) is 11.6 Å². The Balaban J connectivity index is 4.33. The molecule has 17 heavy (non-hydrogen) atoms. The molecule has 0 spiro atoms. The van der Waals surface area contributed by atoms with Gasteiger partial charge in [-0.2, -0.15) is 0 Å². The number of carbonyl (C=O) groups is 1. The van der Waals surface area contributed by atoms with Gasteiger partial charge in [0.15, 0.2) is 0 Å². The van der Waals surface area contributed by atoms with Crippen molar-refractivity contribution in [2.24, 2.45) is 5.16 Å². The van der Waals surface area contributed by atoms with Gasteiger partial charge in [-0.05, 0) is 20.3 Å². The first-order valence-electron chi connectivity index (χ1n) is 4.66. The van der Waals surface area contributed by atoms with Crippen LogP contribution < -0.4 is 5.09 Å². The molecule has 3 unspecified atom stereocenters. The Kier molecular flexibility index (Phi) is 11.4. The predicted molar refractivity (Wildman–Crippen MR) is 83.5 cm³/mol. The minimum Gasteiger partial charge on any atom is -0.450 e. The van der Waals surface area contributed by atoms with Crippen LogP contribution in [0.1, 0.15) is 12.8 Å². The van der Waals surface area contributed by atoms with Gasteiger partial charge >= 0.3 is 5.97 Å². The van der Waals surface area contributed by atoms with Crippen LogP contribution in [0.4, 0.5) is 0 Å². The highest BCUT2D eigenvalue weighted by Gasteiger charge is 2.20. The van der Waals surface area contributed by atoms with E-state index in [-0.39, 0.29) is 17.9 Å². The standard InChI is InChI=1S/C7H17ClN2O3P4/c1-12-9-5(4-8)2-3-6(7(11)13-14)10-17(15)16/h6,10H,2-4,14-16H2,1H3/b9-5+/t6-/m0/s1. The van der Waals surface area contributed by atoms with E-state index in [2.05, 4.69) is 37.5 Å². The lowest BCUT2D eigenvalue weighted by Crippen LogP contribution is -2.32. The molecule has 100 valence electrons. The third-order valence-electron chi connectivity index (χ3n) is 1.80. The van der Waals surface area contributed by atoms with Gasteiger partial charge in [0.25, 0.3) is 0 Å². The zero-order valence-electron chi connectivity index (χ0n) is 9.43. The SMILES string of the molecule is CO/N=C(/CCl)CC[C@H](NP(P)P)C(=O)OP. The molecule has 0 fully saturated rings. The lowest BCUT2D eigenvalue weighted by Gasteiger charge is -2.18. The lowest BCUT2D eigenvalue weighted by atomic mass is 10.1. The van der Waals surface area contributed by atoms with Crippen molar-refractivity contribution in [2.45, 2.75) is 18.9 Å². The van der Waals surface area contributed by atoms with Crippen LogP contribution in [0.2, 0.25) is 0 Å². The van der Waals surface area contributed by atoms with Crippen LogP contribution in [0.25, 0.3) is 0 Å². The maximum absolute atomic E-state index is 11.5. The van der Waals surface area contributed by atoms with Crippen molar-refractivity contribution in [1.82, 2.24) is 5.09 Å². The average Bonchev–Trinajstić information content (AvgIpc) is 2.31. The Labute approximate surface area is 114 Å². The number of halogens is 1. The van der Waals surface area contributed by atoms with E-state index in [0.717, 1.165) is 0 Å². The predicted octanol–water partition coefficient (Wildman–Crippen LogP) is 2.28. The van der Waals surface area contributed by atoms with Crippen molar-refractivity contribution in [3.63, 3.8) is 0 Å². The van der Waals surface area contributed by atoms with Gasteiger partial charge in [-0.25, -0.2) is 0 Å². The summed E-state index contributed by atoms with van der Waals surface area (Å²) in [5.41, 5.74) is 0.703. The monoisotopic (exact) mass is 336 g/mol. The number of alkyl halides is 1. The molecule has 0 aromatic rings. The average molecular weight is 337 g/mol. The molecule has 0 heterocycles. The fourth-order valence-corrected chi connectivity index (χ4v) is 3.09. The number of carbonyl (C=O) groups excluding carboxylic acids is 1. The number of hydrogen-bond donors (Lipinski definition) is 1. The number of nitrogens with zero attached hydrogens (tertiary/aromatic N) is 1. The minimum absolute atomic E-state index is 0.285. The quantitative estimate of drug-likeness (QED) is 0.320. The Morgan fingerprint density at radius 1 is 1.59 bits per heavy atom. The smallest absolute Gasteiger partial charge is 0.325 e. The van der Waals surface area contributed by atoms with Crippen LogP contribution >= 0.6 is 46.4 Å². The van der Waals surface area contributed by atoms with Crippen LogP contribution in [0.3, 0.4) is 0 Å². The number of rotatable bonds is 8. The van der Waals surface area contributed by atoms with E-state index in [1.54, 1.807) is 0 Å². The van der Waals surface area contributed by atoms with E-state index in [0.29, 0.717) is 18.6 Å². The van der Waals surface area contributed by atoms with Crippen LogP contribution in [-0.4, -0.2) is 30.7 Å². The topological polar surface area (TPSA) is 59.9 Å². The summed E-state index contributed by atoms with van der Waals surface area (Å²) in [7, 11) is 8.06. The van der Waals surface area contributed by atoms with Crippen LogP contribution in [-0.2, 0) is 14.2 Å². The largest absolute Gasteiger partial charge is 0.450 e. The summed E-state index contributed by atoms with van der Waals surface area (Å²) < 4.78 is 4.64. The summed E-state index contributed by atoms with van der Waals surface area (Å²) in [6, 6.07) is -0.376. The fourth-order valence-electron chi connectivity index (χ4n) is 1.07. The first kappa shape index (κ1) is 17.9. The highest BCUT2D eigenvalue weighted by Crippen LogP contribution is 2.49. The molecule has 0 aliphatic heterocycles. The summed E-state index contributed by atoms with van der Waals surface area (Å²) in [5, 5.41) is 6.89. The van der Waals surface area contributed by atoms with Gasteiger partial charge in [0.05, 0.1) is 21.1 Å². The molecule has 0 aromatic heterocycles. The van der Waals surface area contributed by atoms with Crippen molar-refractivity contribution >= 4 is 58.1 Å². The number of hydrogen-bond acceptors (Lipinski definition) is 5. The third-order valence-corrected chi connectivity index (χ3v) is 3.85. The molecule has 0 saturated heterocycles. The highest BCUT2D eigenvalue weighted by atomic mass is 35.5. The second kappa shape index (κ2) is 10.8. The molecule has 1 N–H and O–H groups in total. The van der Waals surface area contributed by atoms with Crippen LogP contribution in [0.5, 0.6) is 0 Å². The van der Waals surface area contributed by atoms with Gasteiger partial charge in [0.1, 0.15) is 13.2 Å². The Bertz CT molecular complexity index is 268. The summed E-state index contributed by atoms with van der Waals surface area (Å²) in [5.74, 6) is -0.0359. The Morgan fingerprint density at radius 3 is 2.65 bits per heavy atom. The van der Waals surface area contributed by atoms with Gasteiger partial charge in [-0.1, -0.05) is 23.0 Å². The molecule has 0 aromatic carbocycles. The van der Waals surface area contributed by atoms with Crippen molar-refractivity contribution < 1.29 is 14.2 Å². The summed E-state index contributed by atoms with van der Waals surface area (Å²) in [4.78, 5) is 16.1. The minimum atomic E-state index is -0.552. The van der Waals surface area contributed by atoms with Gasteiger partial charge in [-0.3, -0.25) is 9.88 Å². The first-order chi connectivity index (χ1) is 8.04. The van der Waals surface area contributed by atoms with Crippen LogP contribution in [0.15, 0.2) is 5.16 Å². The molecule has 0 saturated carbocycles. The van der Waals surface area contributed by atoms with Gasteiger partial charge < -0.3 is 9.36 Å². The molecular weight excluding hydrogens is 319 g/mol. The van der Waals surface area contributed by atoms with Crippen molar-refractivity contribution in [3.8, 4) is 0 Å². The molecule has 10 heteroatoms. The lowest BCUT2D eigenvalue weighted by molar-refractivity contribution is -0.135. The molecule has 5 nitrogen and oxygen atoms in total. The van der Waals surface area contributed by atoms with Gasteiger partial charge in [0, 0.05) is 0 Å². The van der Waals surface area contributed by atoms with E-state index in [1.807, 2.05) is 9.47 Å². The van der Waals surface area contributed by atoms with Gasteiger partial charge in [0.2, 0.25) is 0 Å². The molecule has 0 rings (SSSR count).